The molecule has 0 saturated carbocycles. The second kappa shape index (κ2) is 6.17. The zero-order chi connectivity index (χ0) is 14.7. The first-order valence-electron chi connectivity index (χ1n) is 7.01. The highest BCUT2D eigenvalue weighted by Gasteiger charge is 2.14. The molecule has 2 aromatic carbocycles. The number of benzene rings is 2. The Hall–Kier alpha value is -1.70. The van der Waals surface area contributed by atoms with Gasteiger partial charge >= 0.3 is 0 Å². The van der Waals surface area contributed by atoms with Gasteiger partial charge in [0.25, 0.3) is 0 Å². The minimum atomic E-state index is -0.245. The van der Waals surface area contributed by atoms with E-state index in [1.54, 1.807) is 6.07 Å². The second-order valence-electron chi connectivity index (χ2n) is 5.64. The van der Waals surface area contributed by atoms with Crippen LogP contribution >= 0.6 is 0 Å². The van der Waals surface area contributed by atoms with Crippen LogP contribution in [0.3, 0.4) is 0 Å². The van der Waals surface area contributed by atoms with Gasteiger partial charge in [-0.2, -0.15) is 0 Å². The molecule has 2 aromatic rings. The van der Waals surface area contributed by atoms with Gasteiger partial charge in [0.1, 0.15) is 11.6 Å². The molecule has 0 aliphatic carbocycles. The third-order valence-electron chi connectivity index (χ3n) is 3.67. The fourth-order valence-corrected chi connectivity index (χ4v) is 2.46. The number of hydrogen-bond donors (Lipinski definition) is 0. The lowest BCUT2D eigenvalue weighted by Gasteiger charge is -2.15. The Kier molecular flexibility index (Phi) is 4.53. The normalized spacial score (nSPS) is 12.7. The van der Waals surface area contributed by atoms with Crippen LogP contribution in [0.15, 0.2) is 42.5 Å². The van der Waals surface area contributed by atoms with Gasteiger partial charge in [0.05, 0.1) is 0 Å². The highest BCUT2D eigenvalue weighted by molar-refractivity contribution is 5.30. The van der Waals surface area contributed by atoms with E-state index in [2.05, 4.69) is 0 Å². The molecule has 0 fully saturated rings. The van der Waals surface area contributed by atoms with Crippen molar-refractivity contribution < 1.29 is 8.78 Å². The van der Waals surface area contributed by atoms with E-state index in [1.165, 1.54) is 12.1 Å². The van der Waals surface area contributed by atoms with Gasteiger partial charge in [-0.15, -0.1) is 0 Å². The van der Waals surface area contributed by atoms with Crippen LogP contribution < -0.4 is 0 Å². The standard InChI is InChI=1S/C18H20F2/c1-12(2)17-9-5-7-15(18(17)20)10-13(3)14-6-4-8-16(19)11-14/h4-9,11-13H,10H2,1-3H3. The van der Waals surface area contributed by atoms with Gasteiger partial charge in [-0.1, -0.05) is 51.1 Å². The predicted molar refractivity (Wildman–Crippen MR) is 79.0 cm³/mol. The summed E-state index contributed by atoms with van der Waals surface area (Å²) in [5, 5.41) is 0. The van der Waals surface area contributed by atoms with E-state index in [9.17, 15) is 8.78 Å². The first kappa shape index (κ1) is 14.7. The molecule has 0 spiro atoms. The lowest BCUT2D eigenvalue weighted by molar-refractivity contribution is 0.571. The molecule has 0 aliphatic rings. The van der Waals surface area contributed by atoms with E-state index in [0.29, 0.717) is 12.0 Å². The van der Waals surface area contributed by atoms with Crippen molar-refractivity contribution in [1.82, 2.24) is 0 Å². The average Bonchev–Trinajstić information content (AvgIpc) is 2.40. The summed E-state index contributed by atoms with van der Waals surface area (Å²) >= 11 is 0. The fourth-order valence-electron chi connectivity index (χ4n) is 2.46. The van der Waals surface area contributed by atoms with Crippen LogP contribution in [0.4, 0.5) is 8.78 Å². The molecule has 0 N–H and O–H groups in total. The lowest BCUT2D eigenvalue weighted by atomic mass is 9.91. The summed E-state index contributed by atoms with van der Waals surface area (Å²) < 4.78 is 27.6. The van der Waals surface area contributed by atoms with Gasteiger partial charge in [0, 0.05) is 0 Å². The van der Waals surface area contributed by atoms with Crippen molar-refractivity contribution in [1.29, 1.82) is 0 Å². The Balaban J connectivity index is 2.24. The Bertz CT molecular complexity index is 588. The van der Waals surface area contributed by atoms with E-state index in [4.69, 9.17) is 0 Å². The zero-order valence-electron chi connectivity index (χ0n) is 12.2. The summed E-state index contributed by atoms with van der Waals surface area (Å²) in [6, 6.07) is 12.1. The van der Waals surface area contributed by atoms with Crippen molar-refractivity contribution >= 4 is 0 Å². The van der Waals surface area contributed by atoms with Crippen LogP contribution in [0.2, 0.25) is 0 Å². The third-order valence-corrected chi connectivity index (χ3v) is 3.67. The Morgan fingerprint density at radius 3 is 2.30 bits per heavy atom. The molecule has 0 bridgehead atoms. The van der Waals surface area contributed by atoms with E-state index >= 15 is 0 Å². The lowest BCUT2D eigenvalue weighted by Crippen LogP contribution is -2.04. The molecule has 2 heteroatoms. The maximum absolute atomic E-state index is 14.4. The van der Waals surface area contributed by atoms with Crippen LogP contribution in [0.25, 0.3) is 0 Å². The molecule has 0 nitrogen and oxygen atoms in total. The summed E-state index contributed by atoms with van der Waals surface area (Å²) in [6.07, 6.45) is 0.579. The van der Waals surface area contributed by atoms with Gasteiger partial charge in [-0.3, -0.25) is 0 Å². The van der Waals surface area contributed by atoms with Crippen molar-refractivity contribution in [2.75, 3.05) is 0 Å². The molecule has 1 unspecified atom stereocenters. The molecule has 1 atom stereocenters. The van der Waals surface area contributed by atoms with Crippen molar-refractivity contribution in [3.63, 3.8) is 0 Å². The monoisotopic (exact) mass is 274 g/mol. The largest absolute Gasteiger partial charge is 0.207 e. The minimum Gasteiger partial charge on any atom is -0.207 e. The van der Waals surface area contributed by atoms with Crippen LogP contribution in [-0.4, -0.2) is 0 Å². The van der Waals surface area contributed by atoms with Gasteiger partial charge in [-0.05, 0) is 47.1 Å². The number of hydrogen-bond acceptors (Lipinski definition) is 0. The van der Waals surface area contributed by atoms with Crippen LogP contribution in [0, 0.1) is 11.6 Å². The maximum atomic E-state index is 14.4. The topological polar surface area (TPSA) is 0 Å². The molecule has 0 amide bonds. The molecule has 20 heavy (non-hydrogen) atoms. The summed E-state index contributed by atoms with van der Waals surface area (Å²) in [4.78, 5) is 0. The Morgan fingerprint density at radius 1 is 0.950 bits per heavy atom. The highest BCUT2D eigenvalue weighted by Crippen LogP contribution is 2.26. The van der Waals surface area contributed by atoms with Crippen LogP contribution in [-0.2, 0) is 6.42 Å². The van der Waals surface area contributed by atoms with E-state index in [-0.39, 0.29) is 23.5 Å². The smallest absolute Gasteiger partial charge is 0.129 e. The molecule has 0 aliphatic heterocycles. The molecule has 0 saturated heterocycles. The van der Waals surface area contributed by atoms with Crippen LogP contribution in [0.1, 0.15) is 49.3 Å². The zero-order valence-corrected chi connectivity index (χ0v) is 12.2. The molecule has 0 aromatic heterocycles. The van der Waals surface area contributed by atoms with Crippen molar-refractivity contribution in [2.45, 2.75) is 39.0 Å². The summed E-state index contributed by atoms with van der Waals surface area (Å²) in [7, 11) is 0. The minimum absolute atomic E-state index is 0.0858. The average molecular weight is 274 g/mol. The fraction of sp³-hybridized carbons (Fsp3) is 0.333. The first-order chi connectivity index (χ1) is 9.49. The summed E-state index contributed by atoms with van der Waals surface area (Å²) in [5.74, 6) is -0.112. The van der Waals surface area contributed by atoms with Crippen LogP contribution in [0.5, 0.6) is 0 Å². The number of rotatable bonds is 4. The van der Waals surface area contributed by atoms with Gasteiger partial charge in [0.2, 0.25) is 0 Å². The van der Waals surface area contributed by atoms with Crippen molar-refractivity contribution in [2.24, 2.45) is 0 Å². The molecule has 0 radical (unpaired) electrons. The molecular formula is C18H20F2. The van der Waals surface area contributed by atoms with E-state index in [0.717, 1.165) is 11.1 Å². The van der Waals surface area contributed by atoms with Gasteiger partial charge < -0.3 is 0 Å². The molecular weight excluding hydrogens is 254 g/mol. The second-order valence-corrected chi connectivity index (χ2v) is 5.64. The summed E-state index contributed by atoms with van der Waals surface area (Å²) in [5.41, 5.74) is 2.35. The van der Waals surface area contributed by atoms with E-state index < -0.39 is 0 Å². The Labute approximate surface area is 119 Å². The third kappa shape index (κ3) is 3.24. The van der Waals surface area contributed by atoms with Crippen molar-refractivity contribution in [3.05, 3.63) is 70.8 Å². The van der Waals surface area contributed by atoms with E-state index in [1.807, 2.05) is 45.0 Å². The number of halogens is 2. The highest BCUT2D eigenvalue weighted by atomic mass is 19.1. The first-order valence-corrected chi connectivity index (χ1v) is 7.01. The summed E-state index contributed by atoms with van der Waals surface area (Å²) in [6.45, 7) is 5.96. The van der Waals surface area contributed by atoms with Crippen molar-refractivity contribution in [3.8, 4) is 0 Å². The predicted octanol–water partition coefficient (Wildman–Crippen LogP) is 5.43. The molecule has 2 rings (SSSR count). The quantitative estimate of drug-likeness (QED) is 0.697. The molecule has 0 heterocycles. The van der Waals surface area contributed by atoms with Gasteiger partial charge in [-0.25, -0.2) is 8.78 Å². The maximum Gasteiger partial charge on any atom is 0.129 e. The Morgan fingerprint density at radius 2 is 1.65 bits per heavy atom. The SMILES string of the molecule is CC(C)c1cccc(CC(C)c2cccc(F)c2)c1F. The van der Waals surface area contributed by atoms with Gasteiger partial charge in [0.15, 0.2) is 0 Å². The molecule has 106 valence electrons.